The Bertz CT molecular complexity index is 1230. The second kappa shape index (κ2) is 7.28. The van der Waals surface area contributed by atoms with E-state index in [0.717, 1.165) is 18.2 Å². The molecule has 1 heterocycles. The highest BCUT2D eigenvalue weighted by Gasteiger charge is 2.21. The molecule has 3 N–H and O–H groups in total. The molecule has 3 aromatic rings. The van der Waals surface area contributed by atoms with Crippen molar-refractivity contribution < 1.29 is 28.3 Å². The molecule has 0 spiro atoms. The number of hydrogen-bond donors (Lipinski definition) is 3. The largest absolute Gasteiger partial charge is 0.502 e. The topological polar surface area (TPSA) is 152 Å². The van der Waals surface area contributed by atoms with Crippen LogP contribution in [0.15, 0.2) is 59.6 Å². The molecule has 0 atom stereocenters. The molecular formula is C18H15N3O7S. The van der Waals surface area contributed by atoms with Crippen molar-refractivity contribution in [2.24, 2.45) is 0 Å². The van der Waals surface area contributed by atoms with E-state index in [-0.39, 0.29) is 16.3 Å². The molecule has 2 aromatic carbocycles. The predicted octanol–water partition coefficient (Wildman–Crippen LogP) is 2.90. The third-order valence-electron chi connectivity index (χ3n) is 4.13. The Labute approximate surface area is 164 Å². The van der Waals surface area contributed by atoms with Crippen molar-refractivity contribution in [2.45, 2.75) is 11.8 Å². The molecule has 150 valence electrons. The number of sulfonamides is 1. The summed E-state index contributed by atoms with van der Waals surface area (Å²) >= 11 is 0. The van der Waals surface area contributed by atoms with Crippen molar-refractivity contribution in [2.75, 3.05) is 4.72 Å². The van der Waals surface area contributed by atoms with Crippen LogP contribution in [0.1, 0.15) is 16.1 Å². The number of aromatic carboxylic acids is 1. The first-order chi connectivity index (χ1) is 13.6. The minimum atomic E-state index is -4.16. The Morgan fingerprint density at radius 3 is 2.52 bits per heavy atom. The van der Waals surface area contributed by atoms with E-state index in [1.807, 2.05) is 0 Å². The van der Waals surface area contributed by atoms with E-state index in [2.05, 4.69) is 4.72 Å². The van der Waals surface area contributed by atoms with Crippen LogP contribution >= 0.6 is 0 Å². The molecule has 0 unspecified atom stereocenters. The van der Waals surface area contributed by atoms with Crippen LogP contribution < -0.4 is 4.72 Å². The van der Waals surface area contributed by atoms with Gasteiger partial charge in [-0.05, 0) is 55.0 Å². The van der Waals surface area contributed by atoms with Crippen LogP contribution in [0.5, 0.6) is 5.75 Å². The smallest absolute Gasteiger partial charge is 0.352 e. The fourth-order valence-corrected chi connectivity index (χ4v) is 3.85. The van der Waals surface area contributed by atoms with E-state index < -0.39 is 32.4 Å². The van der Waals surface area contributed by atoms with E-state index in [0.29, 0.717) is 11.3 Å². The lowest BCUT2D eigenvalue weighted by Gasteiger charge is -2.13. The number of rotatable bonds is 6. The lowest BCUT2D eigenvalue weighted by molar-refractivity contribution is -0.386. The zero-order valence-corrected chi connectivity index (χ0v) is 15.8. The van der Waals surface area contributed by atoms with E-state index in [9.17, 15) is 33.5 Å². The summed E-state index contributed by atoms with van der Waals surface area (Å²) < 4.78 is 28.9. The molecule has 0 bridgehead atoms. The molecule has 0 saturated heterocycles. The van der Waals surface area contributed by atoms with Gasteiger partial charge < -0.3 is 14.8 Å². The monoisotopic (exact) mass is 417 g/mol. The van der Waals surface area contributed by atoms with Crippen LogP contribution in [0.25, 0.3) is 5.69 Å². The standard InChI is InChI=1S/C18H15N3O7S/c1-11-9-12(4-6-14(11)20-8-2-3-15(20)18(23)24)19-29(27,28)13-5-7-17(22)16(10-13)21(25)26/h2-10,19,22H,1H3,(H,23,24). The van der Waals surface area contributed by atoms with Gasteiger partial charge in [0, 0.05) is 23.6 Å². The zero-order chi connectivity index (χ0) is 21.3. The molecule has 0 aliphatic heterocycles. The van der Waals surface area contributed by atoms with Gasteiger partial charge in [-0.15, -0.1) is 0 Å². The van der Waals surface area contributed by atoms with Gasteiger partial charge in [0.1, 0.15) is 5.69 Å². The summed E-state index contributed by atoms with van der Waals surface area (Å²) in [4.78, 5) is 20.9. The molecule has 29 heavy (non-hydrogen) atoms. The molecule has 3 rings (SSSR count). The van der Waals surface area contributed by atoms with Gasteiger partial charge in [-0.1, -0.05) is 0 Å². The van der Waals surface area contributed by atoms with Crippen molar-refractivity contribution in [3.8, 4) is 11.4 Å². The molecule has 0 amide bonds. The Kier molecular flexibility index (Phi) is 4.99. The number of carboxylic acids is 1. The van der Waals surface area contributed by atoms with E-state index in [1.54, 1.807) is 25.3 Å². The van der Waals surface area contributed by atoms with Crippen LogP contribution in [0.4, 0.5) is 11.4 Å². The number of nitrogens with zero attached hydrogens (tertiary/aromatic N) is 2. The number of phenols is 1. The van der Waals surface area contributed by atoms with Gasteiger partial charge >= 0.3 is 11.7 Å². The second-order valence-electron chi connectivity index (χ2n) is 6.08. The van der Waals surface area contributed by atoms with Gasteiger partial charge in [0.25, 0.3) is 10.0 Å². The minimum absolute atomic E-state index is 0.0535. The first-order valence-corrected chi connectivity index (χ1v) is 9.60. The summed E-state index contributed by atoms with van der Waals surface area (Å²) in [6.45, 7) is 1.68. The number of aromatic nitrogens is 1. The molecule has 0 aliphatic carbocycles. The van der Waals surface area contributed by atoms with Gasteiger partial charge in [0.15, 0.2) is 5.75 Å². The molecule has 1 aromatic heterocycles. The van der Waals surface area contributed by atoms with Crippen LogP contribution in [0.3, 0.4) is 0 Å². The van der Waals surface area contributed by atoms with Gasteiger partial charge in [-0.25, -0.2) is 13.2 Å². The number of anilines is 1. The second-order valence-corrected chi connectivity index (χ2v) is 7.77. The number of aryl methyl sites for hydroxylation is 1. The highest BCUT2D eigenvalue weighted by atomic mass is 32.2. The molecule has 11 heteroatoms. The minimum Gasteiger partial charge on any atom is -0.502 e. The molecule has 10 nitrogen and oxygen atoms in total. The van der Waals surface area contributed by atoms with Crippen LogP contribution in [0, 0.1) is 17.0 Å². The number of carbonyl (C=O) groups is 1. The summed E-state index contributed by atoms with van der Waals surface area (Å²) in [7, 11) is -4.16. The SMILES string of the molecule is Cc1cc(NS(=O)(=O)c2ccc(O)c([N+](=O)[O-])c2)ccc1-n1cccc1C(=O)O. The van der Waals surface area contributed by atoms with Crippen LogP contribution in [-0.4, -0.2) is 34.1 Å². The number of aromatic hydroxyl groups is 1. The number of hydrogen-bond acceptors (Lipinski definition) is 6. The quantitative estimate of drug-likeness (QED) is 0.412. The molecule has 0 radical (unpaired) electrons. The average Bonchev–Trinajstić information content (AvgIpc) is 3.11. The van der Waals surface area contributed by atoms with Gasteiger partial charge in [0.05, 0.1) is 9.82 Å². The fraction of sp³-hybridized carbons (Fsp3) is 0.0556. The lowest BCUT2D eigenvalue weighted by Crippen LogP contribution is -2.14. The summed E-state index contributed by atoms with van der Waals surface area (Å²) in [5.41, 5.74) is 0.660. The zero-order valence-electron chi connectivity index (χ0n) is 14.9. The summed E-state index contributed by atoms with van der Waals surface area (Å²) in [5.74, 6) is -1.75. The van der Waals surface area contributed by atoms with Gasteiger partial charge in [-0.2, -0.15) is 0 Å². The van der Waals surface area contributed by atoms with Crippen molar-refractivity contribution in [3.05, 3.63) is 76.1 Å². The van der Waals surface area contributed by atoms with Crippen molar-refractivity contribution >= 4 is 27.4 Å². The first-order valence-electron chi connectivity index (χ1n) is 8.12. The molecular weight excluding hydrogens is 402 g/mol. The Hall–Kier alpha value is -3.86. The first kappa shape index (κ1) is 19.9. The highest BCUT2D eigenvalue weighted by molar-refractivity contribution is 7.92. The fourth-order valence-electron chi connectivity index (χ4n) is 2.79. The van der Waals surface area contributed by atoms with E-state index >= 15 is 0 Å². The van der Waals surface area contributed by atoms with Crippen LogP contribution in [-0.2, 0) is 10.0 Å². The van der Waals surface area contributed by atoms with Crippen molar-refractivity contribution in [1.29, 1.82) is 0 Å². The number of carboxylic acid groups (broad SMARTS) is 1. The maximum absolute atomic E-state index is 12.6. The number of nitro benzene ring substituents is 1. The Morgan fingerprint density at radius 2 is 1.90 bits per heavy atom. The number of benzene rings is 2. The van der Waals surface area contributed by atoms with Gasteiger partial charge in [0.2, 0.25) is 0 Å². The molecule has 0 saturated carbocycles. The lowest BCUT2D eigenvalue weighted by atomic mass is 10.1. The average molecular weight is 417 g/mol. The van der Waals surface area contributed by atoms with Crippen molar-refractivity contribution in [1.82, 2.24) is 4.57 Å². The summed E-state index contributed by atoms with van der Waals surface area (Å²) in [6.07, 6.45) is 1.57. The summed E-state index contributed by atoms with van der Waals surface area (Å²) in [6, 6.07) is 10.3. The van der Waals surface area contributed by atoms with Crippen LogP contribution in [0.2, 0.25) is 0 Å². The molecule has 0 fully saturated rings. The normalized spacial score (nSPS) is 11.2. The predicted molar refractivity (Wildman–Crippen MR) is 103 cm³/mol. The Morgan fingerprint density at radius 1 is 1.17 bits per heavy atom. The van der Waals surface area contributed by atoms with E-state index in [1.165, 1.54) is 22.8 Å². The number of nitrogens with one attached hydrogen (secondary N) is 1. The summed E-state index contributed by atoms with van der Waals surface area (Å²) in [5, 5.41) is 29.6. The maximum Gasteiger partial charge on any atom is 0.352 e. The third kappa shape index (κ3) is 3.89. The highest BCUT2D eigenvalue weighted by Crippen LogP contribution is 2.29. The van der Waals surface area contributed by atoms with E-state index in [4.69, 9.17) is 0 Å². The third-order valence-corrected chi connectivity index (χ3v) is 5.51. The Balaban J connectivity index is 1.94. The number of phenolic OH excluding ortho intramolecular Hbond substituents is 1. The molecule has 0 aliphatic rings. The number of nitro groups is 1. The van der Waals surface area contributed by atoms with Crippen molar-refractivity contribution in [3.63, 3.8) is 0 Å². The maximum atomic E-state index is 12.6. The van der Waals surface area contributed by atoms with Gasteiger partial charge in [-0.3, -0.25) is 14.8 Å².